The molecule has 0 aromatic heterocycles. The lowest BCUT2D eigenvalue weighted by Crippen LogP contribution is -2.61. The number of carbonyl (C=O) groups excluding carboxylic acids is 12. The summed E-state index contributed by atoms with van der Waals surface area (Å²) in [5.74, 6) is -8.31. The Morgan fingerprint density at radius 2 is 0.838 bits per heavy atom. The number of hydrogen-bond donors (Lipinski definition) is 4. The molecule has 456 valence electrons. The fourth-order valence-corrected chi connectivity index (χ4v) is 9.77. The van der Waals surface area contributed by atoms with Gasteiger partial charge < -0.3 is 55.0 Å². The van der Waals surface area contributed by atoms with Crippen molar-refractivity contribution in [2.24, 2.45) is 35.5 Å². The van der Waals surface area contributed by atoms with Gasteiger partial charge in [-0.15, -0.1) is 0 Å². The summed E-state index contributed by atoms with van der Waals surface area (Å²) >= 11 is 0. The van der Waals surface area contributed by atoms with Crippen LogP contribution < -0.4 is 21.3 Å². The van der Waals surface area contributed by atoms with Crippen molar-refractivity contribution in [2.75, 3.05) is 55.9 Å². The van der Waals surface area contributed by atoms with E-state index in [9.17, 15) is 57.5 Å². The van der Waals surface area contributed by atoms with Crippen LogP contribution in [-0.4, -0.2) is 216 Å². The van der Waals surface area contributed by atoms with E-state index in [1.54, 1.807) is 34.6 Å². The van der Waals surface area contributed by atoms with Gasteiger partial charge in [-0.1, -0.05) is 90.0 Å². The maximum Gasteiger partial charge on any atom is 0.324 e. The molecule has 0 radical (unpaired) electrons. The van der Waals surface area contributed by atoms with E-state index in [-0.39, 0.29) is 75.0 Å². The zero-order valence-electron chi connectivity index (χ0n) is 52.1. The summed E-state index contributed by atoms with van der Waals surface area (Å²) in [6.07, 6.45) is 1.45. The van der Waals surface area contributed by atoms with E-state index in [2.05, 4.69) is 21.3 Å². The minimum Gasteiger partial charge on any atom is -0.343 e. The second-order valence-corrected chi connectivity index (χ2v) is 24.1. The van der Waals surface area contributed by atoms with Crippen molar-refractivity contribution in [3.63, 3.8) is 0 Å². The van der Waals surface area contributed by atoms with Gasteiger partial charge in [0.1, 0.15) is 60.7 Å². The zero-order valence-corrected chi connectivity index (χ0v) is 52.1. The van der Waals surface area contributed by atoms with Crippen LogP contribution in [0, 0.1) is 35.5 Å². The molecule has 0 spiro atoms. The summed E-state index contributed by atoms with van der Waals surface area (Å²) in [7, 11) is 9.83. The summed E-state index contributed by atoms with van der Waals surface area (Å²) in [5.41, 5.74) is 0. The molecule has 1 unspecified atom stereocenters. The molecule has 1 saturated heterocycles. The number of amides is 12. The Labute approximate surface area is 477 Å². The first kappa shape index (κ1) is 71.9. The predicted molar refractivity (Wildman–Crippen MR) is 305 cm³/mol. The van der Waals surface area contributed by atoms with E-state index >= 15 is 0 Å². The van der Waals surface area contributed by atoms with Crippen LogP contribution in [0.4, 0.5) is 4.79 Å². The maximum atomic E-state index is 14.8. The molecule has 23 nitrogen and oxygen atoms in total. The van der Waals surface area contributed by atoms with Crippen molar-refractivity contribution in [2.45, 2.75) is 203 Å². The standard InChI is InChI=1S/C57H101N11O12/c1-22-39-52(75)62(15)31-46(70)63(16)41(26-32(3)4)51(74)60-47(36(11)12)56(79)66(19)42(27-33(5)6)49(72)58-38(14)48(71)61-57(80)68(21)45(29-35(9)10)55(78)67(20)44(28-34(7)8)54(77)64(17)40(23-2)53(76)65(18)43(50(73)59-39)30-37(13)24-25-69/h25,32-45,47H,22-24,26-31H2,1-21H3,(H,58,72)(H,59,73)(H,60,74)(H,61,71,80)/t37-,38-,39+,40+,41+,42-,43?,44+,45-,47-/m1/s1. The smallest absolute Gasteiger partial charge is 0.324 e. The highest BCUT2D eigenvalue weighted by molar-refractivity contribution is 6.02. The Hall–Kier alpha value is -6.16. The summed E-state index contributed by atoms with van der Waals surface area (Å²) in [4.78, 5) is 178. The van der Waals surface area contributed by atoms with E-state index in [0.29, 0.717) is 6.29 Å². The SMILES string of the molecule is CC[C@@H]1NC(=O)C(C[C@H](C)CC=O)N(C)C(=O)[C@H](CC)N(C)C(=O)[C@H](CC(C)C)N(C)C(=O)[C@@H](CC(C)C)N(C)C(=O)NC(=O)[C@@H](C)NC(=O)[C@@H](CC(C)C)N(C)C(=O)[C@@H](C(C)C)NC(=O)[C@H](CC(C)C)N(C)C(=O)CN(C)C1=O. The first-order valence-electron chi connectivity index (χ1n) is 28.5. The lowest BCUT2D eigenvalue weighted by atomic mass is 9.96. The number of likely N-dealkylation sites (N-methyl/N-ethyl adjacent to an activating group) is 7. The summed E-state index contributed by atoms with van der Waals surface area (Å²) < 4.78 is 0. The minimum absolute atomic E-state index is 0.00721. The molecule has 12 amide bonds. The molecule has 1 heterocycles. The van der Waals surface area contributed by atoms with Gasteiger partial charge in [0.2, 0.25) is 59.1 Å². The first-order valence-corrected chi connectivity index (χ1v) is 28.5. The lowest BCUT2D eigenvalue weighted by molar-refractivity contribution is -0.153. The number of hydrogen-bond acceptors (Lipinski definition) is 12. The molecule has 0 bridgehead atoms. The molecule has 80 heavy (non-hydrogen) atoms. The minimum atomic E-state index is -1.33. The average molecular weight is 1130 g/mol. The van der Waals surface area contributed by atoms with Gasteiger partial charge in [0.15, 0.2) is 0 Å². The third-order valence-electron chi connectivity index (χ3n) is 14.9. The molecule has 23 heteroatoms. The van der Waals surface area contributed by atoms with E-state index in [4.69, 9.17) is 0 Å². The second-order valence-electron chi connectivity index (χ2n) is 24.1. The van der Waals surface area contributed by atoms with Crippen molar-refractivity contribution >= 4 is 71.4 Å². The van der Waals surface area contributed by atoms with Crippen LogP contribution in [0.3, 0.4) is 0 Å². The fraction of sp³-hybridized carbons (Fsp3) is 0.789. The Kier molecular flexibility index (Phi) is 29.6. The Balaban J connectivity index is 4.20. The molecule has 10 atom stereocenters. The third-order valence-corrected chi connectivity index (χ3v) is 14.9. The highest BCUT2D eigenvalue weighted by Crippen LogP contribution is 2.24. The zero-order chi connectivity index (χ0) is 62.0. The Bertz CT molecular complexity index is 2170. The van der Waals surface area contributed by atoms with E-state index in [0.717, 1.165) is 9.80 Å². The summed E-state index contributed by atoms with van der Waals surface area (Å²) in [6.45, 7) is 24.2. The fourth-order valence-electron chi connectivity index (χ4n) is 9.77. The van der Waals surface area contributed by atoms with Gasteiger partial charge in [-0.05, 0) is 87.4 Å². The van der Waals surface area contributed by atoms with Gasteiger partial charge in [0.05, 0.1) is 6.54 Å². The van der Waals surface area contributed by atoms with Crippen molar-refractivity contribution in [1.29, 1.82) is 0 Å². The second kappa shape index (κ2) is 32.9. The first-order chi connectivity index (χ1) is 37.0. The molecule has 1 aliphatic rings. The highest BCUT2D eigenvalue weighted by Gasteiger charge is 2.43. The number of rotatable bonds is 15. The van der Waals surface area contributed by atoms with Crippen LogP contribution in [0.2, 0.25) is 0 Å². The van der Waals surface area contributed by atoms with Crippen LogP contribution in [-0.2, 0) is 52.7 Å². The monoisotopic (exact) mass is 1130 g/mol. The van der Waals surface area contributed by atoms with Gasteiger partial charge >= 0.3 is 6.03 Å². The van der Waals surface area contributed by atoms with Crippen LogP contribution >= 0.6 is 0 Å². The third kappa shape index (κ3) is 20.4. The van der Waals surface area contributed by atoms with Gasteiger partial charge in [-0.25, -0.2) is 4.79 Å². The van der Waals surface area contributed by atoms with E-state index in [1.807, 2.05) is 55.4 Å². The van der Waals surface area contributed by atoms with E-state index < -0.39 is 138 Å². The average Bonchev–Trinajstić information content (AvgIpc) is 3.37. The number of imide groups is 1. The molecule has 1 fully saturated rings. The van der Waals surface area contributed by atoms with Crippen LogP contribution in [0.5, 0.6) is 0 Å². The lowest BCUT2D eigenvalue weighted by Gasteiger charge is -2.39. The van der Waals surface area contributed by atoms with Crippen LogP contribution in [0.1, 0.15) is 148 Å². The molecular formula is C57H101N11O12. The van der Waals surface area contributed by atoms with Gasteiger partial charge in [-0.2, -0.15) is 0 Å². The van der Waals surface area contributed by atoms with Gasteiger partial charge in [0.25, 0.3) is 0 Å². The molecule has 0 aromatic carbocycles. The van der Waals surface area contributed by atoms with Crippen molar-refractivity contribution in [3.05, 3.63) is 0 Å². The summed E-state index contributed by atoms with van der Waals surface area (Å²) in [6, 6.07) is -11.7. The number of nitrogens with zero attached hydrogens (tertiary/aromatic N) is 7. The predicted octanol–water partition coefficient (Wildman–Crippen LogP) is 2.88. The molecule has 0 aliphatic carbocycles. The van der Waals surface area contributed by atoms with Crippen molar-refractivity contribution < 1.29 is 57.5 Å². The molecule has 0 aromatic rings. The Morgan fingerprint density at radius 3 is 1.29 bits per heavy atom. The number of aldehydes is 1. The van der Waals surface area contributed by atoms with E-state index in [1.165, 1.54) is 80.8 Å². The molecule has 1 aliphatic heterocycles. The molecule has 4 N–H and O–H groups in total. The molecule has 1 rings (SSSR count). The Morgan fingerprint density at radius 1 is 0.450 bits per heavy atom. The van der Waals surface area contributed by atoms with Crippen molar-refractivity contribution in [1.82, 2.24) is 55.6 Å². The maximum absolute atomic E-state index is 14.8. The quantitative estimate of drug-likeness (QED) is 0.173. The number of carbonyl (C=O) groups is 12. The van der Waals surface area contributed by atoms with Crippen LogP contribution in [0.25, 0.3) is 0 Å². The van der Waals surface area contributed by atoms with Crippen molar-refractivity contribution in [3.8, 4) is 0 Å². The van der Waals surface area contributed by atoms with Crippen LogP contribution in [0.15, 0.2) is 0 Å². The van der Waals surface area contributed by atoms with Gasteiger partial charge in [0, 0.05) is 55.8 Å². The summed E-state index contributed by atoms with van der Waals surface area (Å²) in [5, 5.41) is 10.5. The normalized spacial score (nSPS) is 26.1. The number of nitrogens with one attached hydrogen (secondary N) is 4. The number of urea groups is 1. The highest BCUT2D eigenvalue weighted by atomic mass is 16.2. The molecular weight excluding hydrogens is 1030 g/mol. The molecule has 0 saturated carbocycles. The topological polar surface area (TPSA) is 276 Å². The van der Waals surface area contributed by atoms with Gasteiger partial charge in [-0.3, -0.25) is 53.3 Å². The largest absolute Gasteiger partial charge is 0.343 e.